The van der Waals surface area contributed by atoms with Crippen LogP contribution in [-0.4, -0.2) is 31.6 Å². The van der Waals surface area contributed by atoms with Crippen LogP contribution in [0, 0.1) is 0 Å². The molecule has 0 saturated heterocycles. The molecule has 0 aromatic heterocycles. The van der Waals surface area contributed by atoms with Crippen molar-refractivity contribution in [2.75, 3.05) is 19.8 Å². The number of hydrogen-bond donors (Lipinski definition) is 1. The van der Waals surface area contributed by atoms with Crippen LogP contribution in [-0.2, 0) is 14.3 Å². The van der Waals surface area contributed by atoms with Crippen molar-refractivity contribution in [3.8, 4) is 5.75 Å². The lowest BCUT2D eigenvalue weighted by Crippen LogP contribution is -2.29. The van der Waals surface area contributed by atoms with Crippen LogP contribution in [0.3, 0.4) is 0 Å². The molecule has 0 aliphatic rings. The highest BCUT2D eigenvalue weighted by Crippen LogP contribution is 2.19. The van der Waals surface area contributed by atoms with E-state index in [9.17, 15) is 9.59 Å². The SMILES string of the molecule is CCOC(=O)CNC(=O)/C=C/c1ccccc1OCC. The average molecular weight is 277 g/mol. The maximum atomic E-state index is 11.5. The first-order valence-corrected chi connectivity index (χ1v) is 6.50. The Morgan fingerprint density at radius 1 is 1.20 bits per heavy atom. The van der Waals surface area contributed by atoms with Crippen molar-refractivity contribution < 1.29 is 19.1 Å². The highest BCUT2D eigenvalue weighted by molar-refractivity contribution is 5.93. The van der Waals surface area contributed by atoms with Crippen molar-refractivity contribution in [1.82, 2.24) is 5.32 Å². The average Bonchev–Trinajstić information content (AvgIpc) is 2.45. The lowest BCUT2D eigenvalue weighted by Gasteiger charge is -2.06. The third-order valence-electron chi connectivity index (χ3n) is 2.35. The molecule has 0 fully saturated rings. The summed E-state index contributed by atoms with van der Waals surface area (Å²) >= 11 is 0. The van der Waals surface area contributed by atoms with Gasteiger partial charge in [0.1, 0.15) is 12.3 Å². The van der Waals surface area contributed by atoms with Crippen molar-refractivity contribution in [2.45, 2.75) is 13.8 Å². The molecule has 0 aliphatic heterocycles. The normalized spacial score (nSPS) is 10.3. The predicted molar refractivity (Wildman–Crippen MR) is 76.3 cm³/mol. The topological polar surface area (TPSA) is 64.6 Å². The summed E-state index contributed by atoms with van der Waals surface area (Å²) in [4.78, 5) is 22.6. The number of amides is 1. The number of ether oxygens (including phenoxy) is 2. The first kappa shape index (κ1) is 15.8. The van der Waals surface area contributed by atoms with E-state index in [1.165, 1.54) is 6.08 Å². The zero-order valence-corrected chi connectivity index (χ0v) is 11.7. The molecule has 1 aromatic rings. The smallest absolute Gasteiger partial charge is 0.325 e. The molecule has 0 atom stereocenters. The van der Waals surface area contributed by atoms with E-state index in [1.54, 1.807) is 13.0 Å². The second kappa shape index (κ2) is 8.74. The molecule has 0 saturated carbocycles. The summed E-state index contributed by atoms with van der Waals surface area (Å²) < 4.78 is 10.2. The minimum atomic E-state index is -0.455. The molecule has 0 unspecified atom stereocenters. The van der Waals surface area contributed by atoms with Crippen LogP contribution in [0.15, 0.2) is 30.3 Å². The van der Waals surface area contributed by atoms with E-state index in [0.29, 0.717) is 19.0 Å². The van der Waals surface area contributed by atoms with Crippen LogP contribution in [0.25, 0.3) is 6.08 Å². The lowest BCUT2D eigenvalue weighted by atomic mass is 10.2. The van der Waals surface area contributed by atoms with Gasteiger partial charge < -0.3 is 14.8 Å². The van der Waals surface area contributed by atoms with Gasteiger partial charge in [-0.15, -0.1) is 0 Å². The summed E-state index contributed by atoms with van der Waals surface area (Å²) in [6, 6.07) is 7.40. The van der Waals surface area contributed by atoms with E-state index in [1.807, 2.05) is 31.2 Å². The Bertz CT molecular complexity index is 483. The Labute approximate surface area is 118 Å². The Kier molecular flexibility index (Phi) is 6.89. The summed E-state index contributed by atoms with van der Waals surface area (Å²) in [7, 11) is 0. The Morgan fingerprint density at radius 3 is 2.65 bits per heavy atom. The molecule has 108 valence electrons. The van der Waals surface area contributed by atoms with Crippen LogP contribution in [0.2, 0.25) is 0 Å². The molecule has 1 aromatic carbocycles. The number of benzene rings is 1. The second-order valence-corrected chi connectivity index (χ2v) is 3.83. The van der Waals surface area contributed by atoms with Crippen molar-refractivity contribution in [2.24, 2.45) is 0 Å². The third kappa shape index (κ3) is 5.56. The molecular formula is C15H19NO4. The van der Waals surface area contributed by atoms with Gasteiger partial charge in [0.25, 0.3) is 0 Å². The van der Waals surface area contributed by atoms with E-state index < -0.39 is 5.97 Å². The highest BCUT2D eigenvalue weighted by Gasteiger charge is 2.03. The molecule has 1 amide bonds. The largest absolute Gasteiger partial charge is 0.493 e. The van der Waals surface area contributed by atoms with Gasteiger partial charge in [0.05, 0.1) is 13.2 Å². The molecular weight excluding hydrogens is 258 g/mol. The summed E-state index contributed by atoms with van der Waals surface area (Å²) in [5.74, 6) is -0.0993. The first-order chi connectivity index (χ1) is 9.67. The number of rotatable bonds is 7. The minimum absolute atomic E-state index is 0.135. The zero-order valence-electron chi connectivity index (χ0n) is 11.7. The molecule has 5 nitrogen and oxygen atoms in total. The predicted octanol–water partition coefficient (Wildman–Crippen LogP) is 1.78. The number of nitrogens with one attached hydrogen (secondary N) is 1. The molecule has 1 rings (SSSR count). The van der Waals surface area contributed by atoms with Gasteiger partial charge in [0, 0.05) is 11.6 Å². The van der Waals surface area contributed by atoms with Gasteiger partial charge in [-0.25, -0.2) is 0 Å². The lowest BCUT2D eigenvalue weighted by molar-refractivity contribution is -0.143. The molecule has 0 bridgehead atoms. The van der Waals surface area contributed by atoms with Gasteiger partial charge in [0.15, 0.2) is 0 Å². The second-order valence-electron chi connectivity index (χ2n) is 3.83. The summed E-state index contributed by atoms with van der Waals surface area (Å²) in [5, 5.41) is 2.45. The van der Waals surface area contributed by atoms with Gasteiger partial charge in [-0.2, -0.15) is 0 Å². The van der Waals surface area contributed by atoms with Crippen LogP contribution in [0.5, 0.6) is 5.75 Å². The van der Waals surface area contributed by atoms with E-state index in [-0.39, 0.29) is 12.5 Å². The number of para-hydroxylation sites is 1. The molecule has 0 heterocycles. The molecule has 1 N–H and O–H groups in total. The van der Waals surface area contributed by atoms with Gasteiger partial charge in [-0.3, -0.25) is 9.59 Å². The van der Waals surface area contributed by atoms with Crippen LogP contribution >= 0.6 is 0 Å². The Hall–Kier alpha value is -2.30. The third-order valence-corrected chi connectivity index (χ3v) is 2.35. The fourth-order valence-electron chi connectivity index (χ4n) is 1.50. The maximum absolute atomic E-state index is 11.5. The van der Waals surface area contributed by atoms with Crippen LogP contribution in [0.1, 0.15) is 19.4 Å². The minimum Gasteiger partial charge on any atom is -0.493 e. The fourth-order valence-corrected chi connectivity index (χ4v) is 1.50. The van der Waals surface area contributed by atoms with Gasteiger partial charge >= 0.3 is 5.97 Å². The Balaban J connectivity index is 2.55. The van der Waals surface area contributed by atoms with Gasteiger partial charge in [0.2, 0.25) is 5.91 Å². The van der Waals surface area contributed by atoms with E-state index >= 15 is 0 Å². The maximum Gasteiger partial charge on any atom is 0.325 e. The van der Waals surface area contributed by atoms with Crippen molar-refractivity contribution in [3.05, 3.63) is 35.9 Å². The van der Waals surface area contributed by atoms with Crippen molar-refractivity contribution in [1.29, 1.82) is 0 Å². The zero-order chi connectivity index (χ0) is 14.8. The highest BCUT2D eigenvalue weighted by atomic mass is 16.5. The number of esters is 1. The fraction of sp³-hybridized carbons (Fsp3) is 0.333. The Morgan fingerprint density at radius 2 is 1.95 bits per heavy atom. The molecule has 0 spiro atoms. The number of carbonyl (C=O) groups excluding carboxylic acids is 2. The standard InChI is InChI=1S/C15H19NO4/c1-3-19-13-8-6-5-7-12(13)9-10-14(17)16-11-15(18)20-4-2/h5-10H,3-4,11H2,1-2H3,(H,16,17)/b10-9+. The quantitative estimate of drug-likeness (QED) is 0.609. The van der Waals surface area contributed by atoms with Crippen LogP contribution in [0.4, 0.5) is 0 Å². The van der Waals surface area contributed by atoms with Crippen LogP contribution < -0.4 is 10.1 Å². The number of hydrogen-bond acceptors (Lipinski definition) is 4. The molecule has 20 heavy (non-hydrogen) atoms. The summed E-state index contributed by atoms with van der Waals surface area (Å²) in [5.41, 5.74) is 0.806. The molecule has 5 heteroatoms. The van der Waals surface area contributed by atoms with Crippen molar-refractivity contribution >= 4 is 18.0 Å². The van der Waals surface area contributed by atoms with E-state index in [4.69, 9.17) is 9.47 Å². The summed E-state index contributed by atoms with van der Waals surface area (Å²) in [6.45, 7) is 4.33. The molecule has 0 radical (unpaired) electrons. The number of carbonyl (C=O) groups is 2. The van der Waals surface area contributed by atoms with Crippen molar-refractivity contribution in [3.63, 3.8) is 0 Å². The molecule has 0 aliphatic carbocycles. The van der Waals surface area contributed by atoms with E-state index in [2.05, 4.69) is 5.32 Å². The first-order valence-electron chi connectivity index (χ1n) is 6.50. The monoisotopic (exact) mass is 277 g/mol. The summed E-state index contributed by atoms with van der Waals surface area (Å²) in [6.07, 6.45) is 3.00. The van der Waals surface area contributed by atoms with Gasteiger partial charge in [-0.05, 0) is 26.0 Å². The van der Waals surface area contributed by atoms with Gasteiger partial charge in [-0.1, -0.05) is 18.2 Å². The van der Waals surface area contributed by atoms with E-state index in [0.717, 1.165) is 5.56 Å².